The molecule has 102 valence electrons. The first-order valence-electron chi connectivity index (χ1n) is 6.16. The predicted octanol–water partition coefficient (Wildman–Crippen LogP) is 3.91. The molecule has 19 heavy (non-hydrogen) atoms. The highest BCUT2D eigenvalue weighted by atomic mass is 79.9. The molecule has 0 saturated carbocycles. The largest absolute Gasteiger partial charge is 0.383 e. The van der Waals surface area contributed by atoms with Gasteiger partial charge < -0.3 is 14.6 Å². The minimum absolute atomic E-state index is 0.235. The number of hydrogen-bond acceptors (Lipinski definition) is 3. The summed E-state index contributed by atoms with van der Waals surface area (Å²) in [5.41, 5.74) is 2.22. The normalized spacial score (nSPS) is 12.4. The molecule has 0 saturated heterocycles. The van der Waals surface area contributed by atoms with Gasteiger partial charge in [0.05, 0.1) is 18.3 Å². The number of halogens is 1. The molecule has 0 amide bonds. The summed E-state index contributed by atoms with van der Waals surface area (Å²) >= 11 is 3.56. The molecule has 1 heterocycles. The number of ether oxygens (including phenoxy) is 1. The molecule has 0 fully saturated rings. The van der Waals surface area contributed by atoms with E-state index in [1.54, 1.807) is 13.3 Å². The summed E-state index contributed by atoms with van der Waals surface area (Å²) in [4.78, 5) is 4.35. The fourth-order valence-electron chi connectivity index (χ4n) is 1.93. The zero-order valence-corrected chi connectivity index (χ0v) is 12.9. The van der Waals surface area contributed by atoms with E-state index < -0.39 is 0 Å². The quantitative estimate of drug-likeness (QED) is 0.906. The topological polar surface area (TPSA) is 39.1 Å². The number of aryl methyl sites for hydroxylation is 1. The van der Waals surface area contributed by atoms with Gasteiger partial charge in [-0.1, -0.05) is 6.07 Å². The number of anilines is 2. The van der Waals surface area contributed by atoms with Crippen LogP contribution in [0.5, 0.6) is 0 Å². The van der Waals surface area contributed by atoms with E-state index in [1.807, 2.05) is 12.3 Å². The number of aromatic nitrogens is 2. The third-order valence-electron chi connectivity index (χ3n) is 2.92. The monoisotopic (exact) mass is 323 g/mol. The molecule has 1 aromatic heterocycles. The molecule has 4 nitrogen and oxygen atoms in total. The van der Waals surface area contributed by atoms with E-state index in [1.165, 1.54) is 5.56 Å². The Labute approximate surface area is 121 Å². The molecule has 0 bridgehead atoms. The van der Waals surface area contributed by atoms with Crippen molar-refractivity contribution in [2.24, 2.45) is 0 Å². The van der Waals surface area contributed by atoms with Gasteiger partial charge in [0.2, 0.25) is 5.95 Å². The lowest BCUT2D eigenvalue weighted by atomic mass is 10.2. The van der Waals surface area contributed by atoms with Crippen molar-refractivity contribution in [2.45, 2.75) is 19.9 Å². The maximum atomic E-state index is 5.19. The number of methoxy groups -OCH3 is 1. The van der Waals surface area contributed by atoms with Crippen molar-refractivity contribution in [1.29, 1.82) is 0 Å². The van der Waals surface area contributed by atoms with Crippen molar-refractivity contribution >= 4 is 27.6 Å². The molecule has 1 unspecified atom stereocenters. The predicted molar refractivity (Wildman–Crippen MR) is 81.0 cm³/mol. The minimum atomic E-state index is 0.235. The van der Waals surface area contributed by atoms with E-state index in [-0.39, 0.29) is 6.04 Å². The highest BCUT2D eigenvalue weighted by Crippen LogP contribution is 2.27. The Balaban J connectivity index is 2.21. The molecule has 0 aliphatic rings. The van der Waals surface area contributed by atoms with Crippen molar-refractivity contribution in [3.8, 4) is 0 Å². The number of rotatable bonds is 5. The molecule has 1 N–H and O–H groups in total. The van der Waals surface area contributed by atoms with Crippen molar-refractivity contribution in [3.63, 3.8) is 0 Å². The van der Waals surface area contributed by atoms with Gasteiger partial charge in [-0.2, -0.15) is 0 Å². The van der Waals surface area contributed by atoms with Crippen molar-refractivity contribution in [1.82, 2.24) is 9.55 Å². The van der Waals surface area contributed by atoms with Crippen LogP contribution in [0.2, 0.25) is 0 Å². The summed E-state index contributed by atoms with van der Waals surface area (Å²) in [6, 6.07) is 6.42. The maximum absolute atomic E-state index is 5.19. The highest BCUT2D eigenvalue weighted by molar-refractivity contribution is 9.10. The van der Waals surface area contributed by atoms with Crippen molar-refractivity contribution < 1.29 is 4.74 Å². The van der Waals surface area contributed by atoms with Gasteiger partial charge in [0.25, 0.3) is 0 Å². The van der Waals surface area contributed by atoms with Crippen LogP contribution in [0.4, 0.5) is 11.6 Å². The summed E-state index contributed by atoms with van der Waals surface area (Å²) in [5, 5.41) is 3.34. The van der Waals surface area contributed by atoms with Gasteiger partial charge in [-0.05, 0) is 47.5 Å². The van der Waals surface area contributed by atoms with E-state index in [0.717, 1.165) is 16.1 Å². The number of nitrogens with one attached hydrogen (secondary N) is 1. The standard InChI is InChI=1S/C14H18BrN3O/c1-10-4-5-13(12(15)8-10)17-14-16-6-7-18(14)11(2)9-19-3/h4-8,11H,9H2,1-3H3,(H,16,17). The average Bonchev–Trinajstić information content (AvgIpc) is 2.81. The van der Waals surface area contributed by atoms with Gasteiger partial charge in [-0.15, -0.1) is 0 Å². The second-order valence-corrected chi connectivity index (χ2v) is 5.43. The zero-order chi connectivity index (χ0) is 13.8. The second-order valence-electron chi connectivity index (χ2n) is 4.57. The van der Waals surface area contributed by atoms with Crippen LogP contribution in [0.25, 0.3) is 0 Å². The molecule has 0 spiro atoms. The van der Waals surface area contributed by atoms with Crippen LogP contribution in [0.1, 0.15) is 18.5 Å². The summed E-state index contributed by atoms with van der Waals surface area (Å²) in [5.74, 6) is 0.814. The summed E-state index contributed by atoms with van der Waals surface area (Å²) in [6.45, 7) is 4.82. The first-order valence-corrected chi connectivity index (χ1v) is 6.96. The Bertz CT molecular complexity index is 553. The molecule has 1 atom stereocenters. The molecule has 1 aromatic carbocycles. The molecule has 0 aliphatic heterocycles. The molecular weight excluding hydrogens is 306 g/mol. The van der Waals surface area contributed by atoms with Crippen molar-refractivity contribution in [3.05, 3.63) is 40.6 Å². The minimum Gasteiger partial charge on any atom is -0.383 e. The summed E-state index contributed by atoms with van der Waals surface area (Å²) in [7, 11) is 1.71. The van der Waals surface area contributed by atoms with E-state index in [9.17, 15) is 0 Å². The Morgan fingerprint density at radius 2 is 2.26 bits per heavy atom. The van der Waals surface area contributed by atoms with Crippen LogP contribution >= 0.6 is 15.9 Å². The Morgan fingerprint density at radius 3 is 2.95 bits per heavy atom. The number of benzene rings is 1. The van der Waals surface area contributed by atoms with Gasteiger partial charge in [0.1, 0.15) is 0 Å². The van der Waals surface area contributed by atoms with Gasteiger partial charge in [-0.3, -0.25) is 0 Å². The highest BCUT2D eigenvalue weighted by Gasteiger charge is 2.11. The first kappa shape index (κ1) is 14.1. The fraction of sp³-hybridized carbons (Fsp3) is 0.357. The molecule has 2 rings (SSSR count). The number of imidazole rings is 1. The summed E-state index contributed by atoms with van der Waals surface area (Å²) < 4.78 is 8.28. The first-order chi connectivity index (χ1) is 9.11. The van der Waals surface area contributed by atoms with Gasteiger partial charge >= 0.3 is 0 Å². The Morgan fingerprint density at radius 1 is 1.47 bits per heavy atom. The smallest absolute Gasteiger partial charge is 0.207 e. The molecular formula is C14H18BrN3O. The lowest BCUT2D eigenvalue weighted by Crippen LogP contribution is -2.12. The third-order valence-corrected chi connectivity index (χ3v) is 3.58. The van der Waals surface area contributed by atoms with Crippen LogP contribution < -0.4 is 5.32 Å². The lowest BCUT2D eigenvalue weighted by Gasteiger charge is -2.16. The van der Waals surface area contributed by atoms with E-state index >= 15 is 0 Å². The maximum Gasteiger partial charge on any atom is 0.207 e. The van der Waals surface area contributed by atoms with Gasteiger partial charge in [0.15, 0.2) is 0 Å². The molecule has 5 heteroatoms. The third kappa shape index (κ3) is 3.36. The van der Waals surface area contributed by atoms with Crippen LogP contribution in [0.15, 0.2) is 35.1 Å². The summed E-state index contributed by atoms with van der Waals surface area (Å²) in [6.07, 6.45) is 3.74. The van der Waals surface area contributed by atoms with E-state index in [2.05, 4.69) is 56.8 Å². The molecule has 0 aliphatic carbocycles. The SMILES string of the molecule is COCC(C)n1ccnc1Nc1ccc(C)cc1Br. The van der Waals surface area contributed by atoms with Crippen LogP contribution in [0.3, 0.4) is 0 Å². The van der Waals surface area contributed by atoms with Crippen LogP contribution in [0, 0.1) is 6.92 Å². The average molecular weight is 324 g/mol. The fourth-order valence-corrected chi connectivity index (χ4v) is 2.52. The van der Waals surface area contributed by atoms with E-state index in [0.29, 0.717) is 6.61 Å². The zero-order valence-electron chi connectivity index (χ0n) is 11.4. The lowest BCUT2D eigenvalue weighted by molar-refractivity contribution is 0.163. The molecule has 0 radical (unpaired) electrons. The molecule has 2 aromatic rings. The Kier molecular flexibility index (Phi) is 4.61. The number of nitrogens with zero attached hydrogens (tertiary/aromatic N) is 2. The van der Waals surface area contributed by atoms with Crippen LogP contribution in [-0.2, 0) is 4.74 Å². The van der Waals surface area contributed by atoms with Crippen LogP contribution in [-0.4, -0.2) is 23.3 Å². The van der Waals surface area contributed by atoms with Crippen molar-refractivity contribution in [2.75, 3.05) is 19.0 Å². The van der Waals surface area contributed by atoms with Gasteiger partial charge in [-0.25, -0.2) is 4.98 Å². The Hall–Kier alpha value is -1.33. The number of hydrogen-bond donors (Lipinski definition) is 1. The second kappa shape index (κ2) is 6.21. The van der Waals surface area contributed by atoms with Gasteiger partial charge in [0, 0.05) is 24.0 Å². The van der Waals surface area contributed by atoms with E-state index in [4.69, 9.17) is 4.74 Å².